The zero-order valence-corrected chi connectivity index (χ0v) is 10.8. The van der Waals surface area contributed by atoms with Crippen LogP contribution in [0.5, 0.6) is 0 Å². The summed E-state index contributed by atoms with van der Waals surface area (Å²) in [5.74, 6) is 0.158. The number of benzene rings is 1. The number of para-hydroxylation sites is 1. The SMILES string of the molecule is COC(=O)C(C)Nc1ccccc1C1CCOC1. The summed E-state index contributed by atoms with van der Waals surface area (Å²) in [5.41, 5.74) is 2.21. The van der Waals surface area contributed by atoms with Crippen molar-refractivity contribution >= 4 is 11.7 Å². The van der Waals surface area contributed by atoms with Crippen LogP contribution in [0.15, 0.2) is 24.3 Å². The van der Waals surface area contributed by atoms with E-state index in [2.05, 4.69) is 11.4 Å². The molecule has 2 atom stereocenters. The fourth-order valence-corrected chi connectivity index (χ4v) is 2.23. The molecule has 0 bridgehead atoms. The molecule has 0 aliphatic carbocycles. The Kier molecular flexibility index (Phi) is 4.20. The van der Waals surface area contributed by atoms with E-state index in [4.69, 9.17) is 9.47 Å². The number of methoxy groups -OCH3 is 1. The Morgan fingerprint density at radius 2 is 2.28 bits per heavy atom. The van der Waals surface area contributed by atoms with E-state index in [0.29, 0.717) is 5.92 Å². The lowest BCUT2D eigenvalue weighted by atomic mass is 9.96. The molecule has 2 rings (SSSR count). The lowest BCUT2D eigenvalue weighted by Crippen LogP contribution is -2.27. The third-order valence-electron chi connectivity index (χ3n) is 3.26. The second-order valence-electron chi connectivity index (χ2n) is 4.54. The minimum absolute atomic E-state index is 0.257. The molecule has 1 saturated heterocycles. The second kappa shape index (κ2) is 5.87. The lowest BCUT2D eigenvalue weighted by molar-refractivity contribution is -0.141. The van der Waals surface area contributed by atoms with E-state index in [1.165, 1.54) is 12.7 Å². The average molecular weight is 249 g/mol. The van der Waals surface area contributed by atoms with E-state index in [0.717, 1.165) is 25.3 Å². The van der Waals surface area contributed by atoms with Crippen LogP contribution in [0.3, 0.4) is 0 Å². The Balaban J connectivity index is 2.14. The average Bonchev–Trinajstić information content (AvgIpc) is 2.92. The van der Waals surface area contributed by atoms with Crippen LogP contribution in [-0.4, -0.2) is 32.3 Å². The van der Waals surface area contributed by atoms with E-state index >= 15 is 0 Å². The normalized spacial score (nSPS) is 20.4. The number of anilines is 1. The maximum atomic E-state index is 11.4. The Morgan fingerprint density at radius 3 is 2.94 bits per heavy atom. The van der Waals surface area contributed by atoms with Crippen molar-refractivity contribution in [3.63, 3.8) is 0 Å². The molecule has 1 N–H and O–H groups in total. The quantitative estimate of drug-likeness (QED) is 0.831. The van der Waals surface area contributed by atoms with Gasteiger partial charge in [-0.1, -0.05) is 18.2 Å². The number of rotatable bonds is 4. The van der Waals surface area contributed by atoms with Crippen molar-refractivity contribution in [1.82, 2.24) is 0 Å². The summed E-state index contributed by atoms with van der Waals surface area (Å²) < 4.78 is 10.1. The van der Waals surface area contributed by atoms with Gasteiger partial charge < -0.3 is 14.8 Å². The van der Waals surface area contributed by atoms with Crippen molar-refractivity contribution in [3.8, 4) is 0 Å². The van der Waals surface area contributed by atoms with Crippen molar-refractivity contribution in [2.75, 3.05) is 25.6 Å². The Morgan fingerprint density at radius 1 is 1.50 bits per heavy atom. The number of esters is 1. The molecule has 0 spiro atoms. The largest absolute Gasteiger partial charge is 0.467 e. The molecule has 0 saturated carbocycles. The van der Waals surface area contributed by atoms with Gasteiger partial charge in [-0.2, -0.15) is 0 Å². The van der Waals surface area contributed by atoms with Gasteiger partial charge in [-0.05, 0) is 25.0 Å². The molecule has 18 heavy (non-hydrogen) atoms. The van der Waals surface area contributed by atoms with Gasteiger partial charge in [0.05, 0.1) is 13.7 Å². The number of carbonyl (C=O) groups excluding carboxylic acids is 1. The van der Waals surface area contributed by atoms with E-state index in [9.17, 15) is 4.79 Å². The predicted molar refractivity (Wildman–Crippen MR) is 69.7 cm³/mol. The summed E-state index contributed by atoms with van der Waals surface area (Å²) in [6.45, 7) is 3.37. The lowest BCUT2D eigenvalue weighted by Gasteiger charge is -2.18. The summed E-state index contributed by atoms with van der Waals surface area (Å²) in [5, 5.41) is 3.21. The van der Waals surface area contributed by atoms with Gasteiger partial charge in [0.1, 0.15) is 6.04 Å². The molecule has 0 aromatic heterocycles. The van der Waals surface area contributed by atoms with Crippen molar-refractivity contribution in [3.05, 3.63) is 29.8 Å². The van der Waals surface area contributed by atoms with Crippen LogP contribution >= 0.6 is 0 Å². The molecule has 1 heterocycles. The third-order valence-corrected chi connectivity index (χ3v) is 3.26. The Bertz CT molecular complexity index is 413. The number of hydrogen-bond donors (Lipinski definition) is 1. The van der Waals surface area contributed by atoms with Crippen LogP contribution in [0.2, 0.25) is 0 Å². The number of carbonyl (C=O) groups is 1. The first-order chi connectivity index (χ1) is 8.72. The van der Waals surface area contributed by atoms with E-state index in [1.54, 1.807) is 6.92 Å². The molecule has 0 amide bonds. The molecule has 1 aromatic carbocycles. The van der Waals surface area contributed by atoms with E-state index < -0.39 is 0 Å². The minimum Gasteiger partial charge on any atom is -0.467 e. The summed E-state index contributed by atoms with van der Waals surface area (Å²) in [6.07, 6.45) is 1.03. The summed E-state index contributed by atoms with van der Waals surface area (Å²) in [6, 6.07) is 7.71. The second-order valence-corrected chi connectivity index (χ2v) is 4.54. The Hall–Kier alpha value is -1.55. The third kappa shape index (κ3) is 2.82. The summed E-state index contributed by atoms with van der Waals surface area (Å²) in [7, 11) is 1.40. The van der Waals surface area contributed by atoms with Gasteiger partial charge in [-0.25, -0.2) is 4.79 Å². The van der Waals surface area contributed by atoms with E-state index in [1.807, 2.05) is 18.2 Å². The maximum Gasteiger partial charge on any atom is 0.327 e. The first kappa shape index (κ1) is 12.9. The fraction of sp³-hybridized carbons (Fsp3) is 0.500. The fourth-order valence-electron chi connectivity index (χ4n) is 2.23. The van der Waals surface area contributed by atoms with Gasteiger partial charge in [-0.15, -0.1) is 0 Å². The molecule has 4 nitrogen and oxygen atoms in total. The minimum atomic E-state index is -0.349. The number of ether oxygens (including phenoxy) is 2. The molecule has 0 radical (unpaired) electrons. The van der Waals surface area contributed by atoms with Crippen molar-refractivity contribution < 1.29 is 14.3 Å². The highest BCUT2D eigenvalue weighted by Gasteiger charge is 2.22. The molecule has 2 unspecified atom stereocenters. The molecular formula is C14H19NO3. The molecule has 1 fully saturated rings. The smallest absolute Gasteiger partial charge is 0.327 e. The highest BCUT2D eigenvalue weighted by Crippen LogP contribution is 2.31. The summed E-state index contributed by atoms with van der Waals surface area (Å²) in [4.78, 5) is 11.4. The first-order valence-corrected chi connectivity index (χ1v) is 6.23. The topological polar surface area (TPSA) is 47.6 Å². The molecular weight excluding hydrogens is 230 g/mol. The molecule has 1 aliphatic rings. The zero-order chi connectivity index (χ0) is 13.0. The zero-order valence-electron chi connectivity index (χ0n) is 10.8. The van der Waals surface area contributed by atoms with E-state index in [-0.39, 0.29) is 12.0 Å². The van der Waals surface area contributed by atoms with Crippen LogP contribution in [0.1, 0.15) is 24.8 Å². The summed E-state index contributed by atoms with van der Waals surface area (Å²) >= 11 is 0. The molecule has 1 aromatic rings. The molecule has 4 heteroatoms. The van der Waals surface area contributed by atoms with Gasteiger partial charge in [0.25, 0.3) is 0 Å². The van der Waals surface area contributed by atoms with Gasteiger partial charge in [0.15, 0.2) is 0 Å². The predicted octanol–water partition coefficient (Wildman–Crippen LogP) is 2.16. The number of hydrogen-bond acceptors (Lipinski definition) is 4. The van der Waals surface area contributed by atoms with Gasteiger partial charge in [0, 0.05) is 18.2 Å². The van der Waals surface area contributed by atoms with Crippen LogP contribution in [-0.2, 0) is 14.3 Å². The highest BCUT2D eigenvalue weighted by molar-refractivity contribution is 5.79. The van der Waals surface area contributed by atoms with Gasteiger partial charge in [-0.3, -0.25) is 0 Å². The maximum absolute atomic E-state index is 11.4. The molecule has 1 aliphatic heterocycles. The van der Waals surface area contributed by atoms with Crippen LogP contribution in [0.4, 0.5) is 5.69 Å². The standard InChI is InChI=1S/C14H19NO3/c1-10(14(16)17-2)15-13-6-4-3-5-12(13)11-7-8-18-9-11/h3-6,10-11,15H,7-9H2,1-2H3. The number of nitrogens with one attached hydrogen (secondary N) is 1. The monoisotopic (exact) mass is 249 g/mol. The van der Waals surface area contributed by atoms with Gasteiger partial charge >= 0.3 is 5.97 Å². The molecule has 98 valence electrons. The van der Waals surface area contributed by atoms with Crippen LogP contribution < -0.4 is 5.32 Å². The highest BCUT2D eigenvalue weighted by atomic mass is 16.5. The van der Waals surface area contributed by atoms with Crippen LogP contribution in [0, 0.1) is 0 Å². The van der Waals surface area contributed by atoms with Gasteiger partial charge in [0.2, 0.25) is 0 Å². The van der Waals surface area contributed by atoms with Crippen LogP contribution in [0.25, 0.3) is 0 Å². The van der Waals surface area contributed by atoms with Crippen molar-refractivity contribution in [1.29, 1.82) is 0 Å². The first-order valence-electron chi connectivity index (χ1n) is 6.23. The van der Waals surface area contributed by atoms with Crippen molar-refractivity contribution in [2.45, 2.75) is 25.3 Å². The van der Waals surface area contributed by atoms with Crippen molar-refractivity contribution in [2.24, 2.45) is 0 Å². The Labute approximate surface area is 107 Å².